The summed E-state index contributed by atoms with van der Waals surface area (Å²) in [6, 6.07) is 0. The fourth-order valence-corrected chi connectivity index (χ4v) is 3.86. The summed E-state index contributed by atoms with van der Waals surface area (Å²) in [5.41, 5.74) is 7.20. The molecule has 4 aliphatic rings. The van der Waals surface area contributed by atoms with E-state index >= 15 is 0 Å². The molecule has 142 valence electrons. The van der Waals surface area contributed by atoms with E-state index in [0.717, 1.165) is 42.2 Å². The Balaban J connectivity index is 1.64. The smallest absolute Gasteiger partial charge is 0.384 e. The first-order valence-electron chi connectivity index (χ1n) is 9.63. The van der Waals surface area contributed by atoms with E-state index in [1.807, 2.05) is 0 Å². The van der Waals surface area contributed by atoms with Crippen LogP contribution in [0.15, 0.2) is 34.9 Å². The molecule has 0 aromatic carbocycles. The van der Waals surface area contributed by atoms with Crippen LogP contribution in [0.4, 0.5) is 0 Å². The van der Waals surface area contributed by atoms with Crippen LogP contribution in [0.1, 0.15) is 60.8 Å². The summed E-state index contributed by atoms with van der Waals surface area (Å²) in [7, 11) is -0.445. The van der Waals surface area contributed by atoms with Gasteiger partial charge in [0.15, 0.2) is 0 Å². The van der Waals surface area contributed by atoms with E-state index in [4.69, 9.17) is 14.0 Å². The third-order valence-corrected chi connectivity index (χ3v) is 6.14. The molecule has 7 heteroatoms. The third kappa shape index (κ3) is 2.68. The van der Waals surface area contributed by atoms with Crippen molar-refractivity contribution in [3.05, 3.63) is 34.9 Å². The molecule has 0 radical (unpaired) electrons. The molecule has 6 nitrogen and oxygen atoms in total. The number of ether oxygens (including phenoxy) is 1. The second kappa shape index (κ2) is 6.04. The molecule has 4 aliphatic heterocycles. The van der Waals surface area contributed by atoms with Crippen molar-refractivity contribution in [1.82, 2.24) is 15.2 Å². The van der Waals surface area contributed by atoms with Gasteiger partial charge in [-0.2, -0.15) is 0 Å². The van der Waals surface area contributed by atoms with Crippen molar-refractivity contribution in [2.45, 2.75) is 78.2 Å². The molecule has 0 saturated carbocycles. The second-order valence-electron chi connectivity index (χ2n) is 8.57. The SMILES string of the molecule is CC1=CC=C2C(=C(C)NN2C2CCCCO2)N1B1OC(C)(C)C(C)(C)O1. The standard InChI is InChI=1S/C19H30BN3O3/c1-13-10-11-15-17(14(2)21-23(15)16-9-7-8-12-24-16)22(13)20-25-18(3,4)19(5,6)26-20/h10-11,16,21H,7-9,12H2,1-6H3. The van der Waals surface area contributed by atoms with Crippen molar-refractivity contribution in [2.75, 3.05) is 6.61 Å². The van der Waals surface area contributed by atoms with Gasteiger partial charge in [0, 0.05) is 12.3 Å². The summed E-state index contributed by atoms with van der Waals surface area (Å²) in [5, 5.41) is 2.16. The van der Waals surface area contributed by atoms with Gasteiger partial charge < -0.3 is 18.9 Å². The number of rotatable bonds is 2. The van der Waals surface area contributed by atoms with E-state index in [0.29, 0.717) is 0 Å². The highest BCUT2D eigenvalue weighted by atomic mass is 16.7. The molecular weight excluding hydrogens is 329 g/mol. The summed E-state index contributed by atoms with van der Waals surface area (Å²) < 4.78 is 18.7. The van der Waals surface area contributed by atoms with E-state index < -0.39 is 7.25 Å². The van der Waals surface area contributed by atoms with Gasteiger partial charge in [-0.1, -0.05) is 0 Å². The molecule has 1 atom stereocenters. The lowest BCUT2D eigenvalue weighted by Gasteiger charge is -2.37. The normalized spacial score (nSPS) is 30.2. The van der Waals surface area contributed by atoms with E-state index in [2.05, 4.69) is 68.9 Å². The third-order valence-electron chi connectivity index (χ3n) is 6.14. The largest absolute Gasteiger partial charge is 0.598 e. The summed E-state index contributed by atoms with van der Waals surface area (Å²) in [6.45, 7) is 13.4. The van der Waals surface area contributed by atoms with Crippen LogP contribution >= 0.6 is 0 Å². The van der Waals surface area contributed by atoms with Crippen LogP contribution in [-0.2, 0) is 14.0 Å². The number of hydrogen-bond acceptors (Lipinski definition) is 6. The van der Waals surface area contributed by atoms with Crippen molar-refractivity contribution in [3.63, 3.8) is 0 Å². The Morgan fingerprint density at radius 1 is 1.08 bits per heavy atom. The highest BCUT2D eigenvalue weighted by Crippen LogP contribution is 2.43. The number of fused-ring (bicyclic) bond motifs is 1. The minimum atomic E-state index is -0.445. The van der Waals surface area contributed by atoms with Gasteiger partial charge in [0.05, 0.1) is 28.3 Å². The highest BCUT2D eigenvalue weighted by molar-refractivity contribution is 6.43. The van der Waals surface area contributed by atoms with Crippen molar-refractivity contribution in [2.24, 2.45) is 0 Å². The van der Waals surface area contributed by atoms with Gasteiger partial charge in [0.2, 0.25) is 0 Å². The Bertz CT molecular complexity index is 676. The number of hydrogen-bond donors (Lipinski definition) is 1. The van der Waals surface area contributed by atoms with E-state index in [-0.39, 0.29) is 17.4 Å². The van der Waals surface area contributed by atoms with Crippen LogP contribution in [0.25, 0.3) is 0 Å². The van der Waals surface area contributed by atoms with Crippen LogP contribution in [-0.4, -0.2) is 41.1 Å². The van der Waals surface area contributed by atoms with Gasteiger partial charge in [-0.25, -0.2) is 0 Å². The molecular formula is C19H30BN3O3. The molecule has 0 spiro atoms. The fraction of sp³-hybridized carbons (Fsp3) is 0.684. The number of allylic oxidation sites excluding steroid dienone is 4. The zero-order chi connectivity index (χ0) is 18.7. The Labute approximate surface area is 157 Å². The van der Waals surface area contributed by atoms with Crippen molar-refractivity contribution in [3.8, 4) is 0 Å². The van der Waals surface area contributed by atoms with Crippen LogP contribution in [0.5, 0.6) is 0 Å². The maximum absolute atomic E-state index is 6.34. The van der Waals surface area contributed by atoms with Crippen molar-refractivity contribution >= 4 is 7.25 Å². The van der Waals surface area contributed by atoms with Crippen LogP contribution in [0.3, 0.4) is 0 Å². The van der Waals surface area contributed by atoms with E-state index in [9.17, 15) is 0 Å². The Kier molecular flexibility index (Phi) is 4.17. The summed E-state index contributed by atoms with van der Waals surface area (Å²) >= 11 is 0. The molecule has 0 bridgehead atoms. The monoisotopic (exact) mass is 359 g/mol. The van der Waals surface area contributed by atoms with Gasteiger partial charge in [0.25, 0.3) is 0 Å². The predicted molar refractivity (Wildman–Crippen MR) is 101 cm³/mol. The molecule has 26 heavy (non-hydrogen) atoms. The lowest BCUT2D eigenvalue weighted by molar-refractivity contribution is -0.0821. The second-order valence-corrected chi connectivity index (χ2v) is 8.57. The number of nitrogens with one attached hydrogen (secondary N) is 1. The first kappa shape index (κ1) is 18.0. The molecule has 0 amide bonds. The van der Waals surface area contributed by atoms with E-state index in [1.54, 1.807) is 0 Å². The molecule has 0 aromatic rings. The van der Waals surface area contributed by atoms with Crippen LogP contribution in [0, 0.1) is 0 Å². The van der Waals surface area contributed by atoms with Gasteiger partial charge >= 0.3 is 7.25 Å². The topological polar surface area (TPSA) is 46.2 Å². The number of hydrazine groups is 1. The fourth-order valence-electron chi connectivity index (χ4n) is 3.86. The maximum Gasteiger partial charge on any atom is 0.598 e. The first-order valence-corrected chi connectivity index (χ1v) is 9.63. The van der Waals surface area contributed by atoms with Gasteiger partial charge in [-0.3, -0.25) is 10.4 Å². The average Bonchev–Trinajstić information content (AvgIpc) is 3.02. The summed E-state index contributed by atoms with van der Waals surface area (Å²) in [5.74, 6) is 0. The minimum absolute atomic E-state index is 0.0643. The summed E-state index contributed by atoms with van der Waals surface area (Å²) in [6.07, 6.45) is 7.72. The molecule has 4 heterocycles. The molecule has 2 fully saturated rings. The van der Waals surface area contributed by atoms with Gasteiger partial charge in [0.1, 0.15) is 6.23 Å². The van der Waals surface area contributed by atoms with Crippen LogP contribution < -0.4 is 5.43 Å². The zero-order valence-electron chi connectivity index (χ0n) is 16.8. The lowest BCUT2D eigenvalue weighted by Crippen LogP contribution is -2.45. The van der Waals surface area contributed by atoms with Crippen LogP contribution in [0.2, 0.25) is 0 Å². The quantitative estimate of drug-likeness (QED) is 0.764. The highest BCUT2D eigenvalue weighted by Gasteiger charge is 2.56. The molecule has 1 unspecified atom stereocenters. The first-order chi connectivity index (χ1) is 12.2. The Morgan fingerprint density at radius 2 is 1.77 bits per heavy atom. The summed E-state index contributed by atoms with van der Waals surface area (Å²) in [4.78, 5) is 2.16. The average molecular weight is 359 g/mol. The lowest BCUT2D eigenvalue weighted by atomic mass is 9.90. The van der Waals surface area contributed by atoms with E-state index in [1.165, 1.54) is 6.42 Å². The Hall–Kier alpha value is -1.44. The predicted octanol–water partition coefficient (Wildman–Crippen LogP) is 3.26. The van der Waals surface area contributed by atoms with Gasteiger partial charge in [-0.05, 0) is 73.0 Å². The van der Waals surface area contributed by atoms with Crippen molar-refractivity contribution < 1.29 is 14.0 Å². The van der Waals surface area contributed by atoms with Crippen molar-refractivity contribution in [1.29, 1.82) is 0 Å². The minimum Gasteiger partial charge on any atom is -0.384 e. The molecule has 0 aliphatic carbocycles. The zero-order valence-corrected chi connectivity index (χ0v) is 16.8. The molecule has 4 rings (SSSR count). The maximum atomic E-state index is 6.34. The number of nitrogens with zero attached hydrogens (tertiary/aromatic N) is 2. The Morgan fingerprint density at radius 3 is 2.38 bits per heavy atom. The van der Waals surface area contributed by atoms with Gasteiger partial charge in [-0.15, -0.1) is 0 Å². The molecule has 2 saturated heterocycles. The molecule has 0 aromatic heterocycles. The molecule has 1 N–H and O–H groups in total.